The third kappa shape index (κ3) is 6.11. The highest BCUT2D eigenvalue weighted by molar-refractivity contribution is 5.86. The number of aliphatic hydroxyl groups excluding tert-OH is 2. The third-order valence-corrected chi connectivity index (χ3v) is 9.28. The number of hydrogen-bond acceptors (Lipinski definition) is 9. The molecule has 41 heavy (non-hydrogen) atoms. The Kier molecular flexibility index (Phi) is 9.38. The van der Waals surface area contributed by atoms with Gasteiger partial charge in [-0.3, -0.25) is 10.1 Å². The molecule has 11 nitrogen and oxygen atoms in total. The quantitative estimate of drug-likeness (QED) is 0.329. The summed E-state index contributed by atoms with van der Waals surface area (Å²) in [5.41, 5.74) is -0.815. The van der Waals surface area contributed by atoms with E-state index >= 15 is 0 Å². The maximum atomic E-state index is 13.1. The minimum absolute atomic E-state index is 0.0843. The van der Waals surface area contributed by atoms with E-state index in [1.54, 1.807) is 30.5 Å². The van der Waals surface area contributed by atoms with Crippen molar-refractivity contribution in [1.29, 1.82) is 0 Å². The van der Waals surface area contributed by atoms with Crippen molar-refractivity contribution >= 4 is 17.7 Å². The number of nitrogens with one attached hydrogen (secondary N) is 2. The Hall–Kier alpha value is -3.44. The maximum Gasteiger partial charge on any atom is 0.411 e. The topological polar surface area (TPSA) is 149 Å². The molecule has 2 amide bonds. The maximum absolute atomic E-state index is 13.1. The van der Waals surface area contributed by atoms with Crippen LogP contribution in [-0.4, -0.2) is 62.4 Å². The van der Waals surface area contributed by atoms with Gasteiger partial charge in [-0.05, 0) is 55.1 Å². The van der Waals surface area contributed by atoms with Crippen molar-refractivity contribution in [2.24, 2.45) is 22.7 Å². The van der Waals surface area contributed by atoms with E-state index in [2.05, 4.69) is 17.6 Å². The van der Waals surface area contributed by atoms with E-state index in [1.807, 2.05) is 6.92 Å². The fourth-order valence-electron chi connectivity index (χ4n) is 7.08. The van der Waals surface area contributed by atoms with Gasteiger partial charge in [0.15, 0.2) is 11.5 Å². The average Bonchev–Trinajstić information content (AvgIpc) is 3.48. The number of carbonyl (C=O) groups is 2. The predicted molar refractivity (Wildman–Crippen MR) is 150 cm³/mol. The molecule has 1 aromatic heterocycles. The molecule has 0 saturated heterocycles. The number of methoxy groups -OCH3 is 3. The van der Waals surface area contributed by atoms with Gasteiger partial charge in [0.2, 0.25) is 11.7 Å². The second-order valence-electron chi connectivity index (χ2n) is 11.5. The fourth-order valence-corrected chi connectivity index (χ4v) is 7.08. The third-order valence-electron chi connectivity index (χ3n) is 9.28. The lowest BCUT2D eigenvalue weighted by Gasteiger charge is -2.60. The largest absolute Gasteiger partial charge is 0.493 e. The summed E-state index contributed by atoms with van der Waals surface area (Å²) in [5, 5.41) is 27.3. The monoisotopic (exact) mass is 574 g/mol. The van der Waals surface area contributed by atoms with Crippen LogP contribution in [0.25, 0.3) is 0 Å². The summed E-state index contributed by atoms with van der Waals surface area (Å²) < 4.78 is 27.3. The van der Waals surface area contributed by atoms with Crippen molar-refractivity contribution in [2.75, 3.05) is 33.3 Å². The van der Waals surface area contributed by atoms with Crippen molar-refractivity contribution in [3.8, 4) is 17.2 Å². The van der Waals surface area contributed by atoms with Gasteiger partial charge in [-0.15, -0.1) is 0 Å². The Morgan fingerprint density at radius 3 is 2.37 bits per heavy atom. The molecule has 4 N–H and O–H groups in total. The molecule has 11 heteroatoms. The van der Waals surface area contributed by atoms with Crippen LogP contribution in [0.3, 0.4) is 0 Å². The van der Waals surface area contributed by atoms with Crippen LogP contribution in [0.2, 0.25) is 0 Å². The molecule has 2 saturated carbocycles. The Labute approximate surface area is 240 Å². The fraction of sp³-hybridized carbons (Fsp3) is 0.600. The molecule has 0 unspecified atom stereocenters. The summed E-state index contributed by atoms with van der Waals surface area (Å²) in [5.74, 6) is 1.27. The highest BCUT2D eigenvalue weighted by Gasteiger charge is 2.60. The summed E-state index contributed by atoms with van der Waals surface area (Å²) in [7, 11) is 4.47. The average molecular weight is 575 g/mol. The Morgan fingerprint density at radius 1 is 1.07 bits per heavy atom. The first kappa shape index (κ1) is 30.5. The van der Waals surface area contributed by atoms with E-state index in [0.717, 1.165) is 0 Å². The number of anilines is 1. The molecule has 4 rings (SSSR count). The number of fused-ring (bicyclic) bond motifs is 1. The SMILES string of the molecule is COc1cc(NC(=O)O[C@@H]2CC[C@]3(C)[C@@H](CC[C@@H](O)[C@H]3CC(=O)NCc3ccco3)[C@]2(C)CO)cc(OC)c1OC. The zero-order valence-corrected chi connectivity index (χ0v) is 24.4. The van der Waals surface area contributed by atoms with Gasteiger partial charge in [0.05, 0.1) is 52.5 Å². The van der Waals surface area contributed by atoms with E-state index in [-0.39, 0.29) is 37.3 Å². The lowest BCUT2D eigenvalue weighted by Crippen LogP contribution is -2.61. The molecule has 0 aliphatic heterocycles. The zero-order valence-electron chi connectivity index (χ0n) is 24.4. The van der Waals surface area contributed by atoms with Crippen molar-refractivity contribution in [3.63, 3.8) is 0 Å². The lowest BCUT2D eigenvalue weighted by molar-refractivity contribution is -0.185. The Morgan fingerprint density at radius 2 is 1.78 bits per heavy atom. The minimum atomic E-state index is -0.775. The van der Waals surface area contributed by atoms with Crippen LogP contribution in [0.4, 0.5) is 10.5 Å². The van der Waals surface area contributed by atoms with E-state index < -0.39 is 29.1 Å². The molecule has 1 aromatic carbocycles. The molecule has 2 aliphatic rings. The molecule has 2 aromatic rings. The van der Waals surface area contributed by atoms with Gasteiger partial charge in [-0.25, -0.2) is 4.79 Å². The summed E-state index contributed by atoms with van der Waals surface area (Å²) >= 11 is 0. The number of rotatable bonds is 10. The molecule has 0 spiro atoms. The minimum Gasteiger partial charge on any atom is -0.493 e. The smallest absolute Gasteiger partial charge is 0.411 e. The first-order valence-electron chi connectivity index (χ1n) is 13.9. The molecule has 0 bridgehead atoms. The number of benzene rings is 1. The van der Waals surface area contributed by atoms with Gasteiger partial charge in [-0.2, -0.15) is 0 Å². The second-order valence-corrected chi connectivity index (χ2v) is 11.5. The molecule has 226 valence electrons. The molecule has 2 aliphatic carbocycles. The van der Waals surface area contributed by atoms with Crippen LogP contribution >= 0.6 is 0 Å². The number of hydrogen-bond donors (Lipinski definition) is 4. The molecule has 6 atom stereocenters. The molecule has 0 radical (unpaired) electrons. The first-order chi connectivity index (χ1) is 19.6. The first-order valence-corrected chi connectivity index (χ1v) is 13.9. The van der Waals surface area contributed by atoms with Crippen molar-refractivity contribution in [2.45, 2.75) is 64.7 Å². The molecule has 1 heterocycles. The van der Waals surface area contributed by atoms with Gasteiger partial charge in [0.1, 0.15) is 11.9 Å². The van der Waals surface area contributed by atoms with Crippen molar-refractivity contribution < 1.29 is 43.2 Å². The van der Waals surface area contributed by atoms with Crippen molar-refractivity contribution in [3.05, 3.63) is 36.3 Å². The Balaban J connectivity index is 1.47. The van der Waals surface area contributed by atoms with Gasteiger partial charge in [-0.1, -0.05) is 13.8 Å². The summed E-state index contributed by atoms with van der Waals surface area (Å²) in [6, 6.07) is 6.77. The summed E-state index contributed by atoms with van der Waals surface area (Å²) in [6.07, 6.45) is 2.07. The standard InChI is InChI=1S/C30H42N2O9/c1-29-11-10-25(41-28(36)32-18-13-22(37-3)27(39-5)23(14-18)38-4)30(2,17-33)24(29)9-8-21(34)20(29)15-26(35)31-16-19-7-6-12-40-19/h6-7,12-14,20-21,24-25,33-34H,8-11,15-17H2,1-5H3,(H,31,35)(H,32,36)/t20-,21-,24-,25-,29+,30+/m1/s1. The van der Waals surface area contributed by atoms with E-state index in [1.165, 1.54) is 21.3 Å². The van der Waals surface area contributed by atoms with E-state index in [0.29, 0.717) is 54.4 Å². The number of amides is 2. The molecule has 2 fully saturated rings. The second kappa shape index (κ2) is 12.6. The van der Waals surface area contributed by atoms with Crippen LogP contribution in [0, 0.1) is 22.7 Å². The van der Waals surface area contributed by atoms with Crippen LogP contribution in [0.15, 0.2) is 34.9 Å². The lowest BCUT2D eigenvalue weighted by atomic mass is 9.46. The Bertz CT molecular complexity index is 1180. The predicted octanol–water partition coefficient (Wildman–Crippen LogP) is 4.11. The molecular formula is C30H42N2O9. The van der Waals surface area contributed by atoms with Crippen molar-refractivity contribution in [1.82, 2.24) is 5.32 Å². The highest BCUT2D eigenvalue weighted by atomic mass is 16.6. The summed E-state index contributed by atoms with van der Waals surface area (Å²) in [4.78, 5) is 26.0. The summed E-state index contributed by atoms with van der Waals surface area (Å²) in [6.45, 7) is 4.09. The number of ether oxygens (including phenoxy) is 4. The van der Waals surface area contributed by atoms with Crippen LogP contribution < -0.4 is 24.8 Å². The van der Waals surface area contributed by atoms with Gasteiger partial charge in [0.25, 0.3) is 0 Å². The molecular weight excluding hydrogens is 532 g/mol. The van der Waals surface area contributed by atoms with Gasteiger partial charge in [0, 0.05) is 24.0 Å². The normalized spacial score (nSPS) is 29.1. The van der Waals surface area contributed by atoms with Crippen LogP contribution in [0.5, 0.6) is 17.2 Å². The van der Waals surface area contributed by atoms with Gasteiger partial charge >= 0.3 is 6.09 Å². The highest BCUT2D eigenvalue weighted by Crippen LogP contribution is 2.61. The van der Waals surface area contributed by atoms with Gasteiger partial charge < -0.3 is 38.9 Å². The zero-order chi connectivity index (χ0) is 29.8. The number of furan rings is 1. The van der Waals surface area contributed by atoms with E-state index in [4.69, 9.17) is 23.4 Å². The van der Waals surface area contributed by atoms with E-state index in [9.17, 15) is 19.8 Å². The van der Waals surface area contributed by atoms with Crippen LogP contribution in [0.1, 0.15) is 51.7 Å². The van der Waals surface area contributed by atoms with Crippen LogP contribution in [-0.2, 0) is 16.1 Å². The number of carbonyl (C=O) groups excluding carboxylic acids is 2. The number of aliphatic hydroxyl groups is 2.